The van der Waals surface area contributed by atoms with Crippen LogP contribution in [0.4, 0.5) is 4.39 Å². The standard InChI is InChI=1S/C24H29FN2O5S/c1-31-19-7-10-23(32-2)21(16-19)22-4-3-13-27(22)24(28)17-11-14-26(15-12-17)33(29,30)20-8-5-18(25)6-9-20/h5-10,16-17,22H,3-4,11-15H2,1-2H3. The van der Waals surface area contributed by atoms with Crippen LogP contribution in [0, 0.1) is 11.7 Å². The lowest BCUT2D eigenvalue weighted by Gasteiger charge is -2.34. The first-order chi connectivity index (χ1) is 15.8. The van der Waals surface area contributed by atoms with Crippen LogP contribution in [0.25, 0.3) is 0 Å². The third kappa shape index (κ3) is 4.70. The number of rotatable bonds is 6. The third-order valence-corrected chi connectivity index (χ3v) is 8.50. The lowest BCUT2D eigenvalue weighted by atomic mass is 9.95. The summed E-state index contributed by atoms with van der Waals surface area (Å²) in [5.41, 5.74) is 0.930. The maximum absolute atomic E-state index is 13.4. The molecule has 7 nitrogen and oxygen atoms in total. The Morgan fingerprint density at radius 2 is 1.67 bits per heavy atom. The largest absolute Gasteiger partial charge is 0.497 e. The summed E-state index contributed by atoms with van der Waals surface area (Å²) >= 11 is 0. The molecule has 178 valence electrons. The molecule has 0 saturated carbocycles. The monoisotopic (exact) mass is 476 g/mol. The summed E-state index contributed by atoms with van der Waals surface area (Å²) in [6.45, 7) is 1.19. The number of nitrogens with zero attached hydrogens (tertiary/aromatic N) is 2. The van der Waals surface area contributed by atoms with Gasteiger partial charge in [0, 0.05) is 31.1 Å². The zero-order valence-corrected chi connectivity index (χ0v) is 19.7. The fraction of sp³-hybridized carbons (Fsp3) is 0.458. The molecule has 0 N–H and O–H groups in total. The first kappa shape index (κ1) is 23.5. The number of ether oxygens (including phenoxy) is 2. The Kier molecular flexibility index (Phi) is 6.90. The number of halogens is 1. The molecule has 0 aliphatic carbocycles. The molecule has 2 fully saturated rings. The van der Waals surface area contributed by atoms with E-state index >= 15 is 0 Å². The highest BCUT2D eigenvalue weighted by molar-refractivity contribution is 7.89. The van der Waals surface area contributed by atoms with Gasteiger partial charge in [-0.1, -0.05) is 0 Å². The highest BCUT2D eigenvalue weighted by Crippen LogP contribution is 2.40. The van der Waals surface area contributed by atoms with Gasteiger partial charge in [0.1, 0.15) is 17.3 Å². The molecular formula is C24H29FN2O5S. The van der Waals surface area contributed by atoms with Crippen LogP contribution in [0.2, 0.25) is 0 Å². The van der Waals surface area contributed by atoms with Crippen molar-refractivity contribution in [3.8, 4) is 11.5 Å². The number of piperidine rings is 1. The summed E-state index contributed by atoms with van der Waals surface area (Å²) in [6.07, 6.45) is 2.65. The molecule has 9 heteroatoms. The molecule has 2 aliphatic rings. The molecule has 33 heavy (non-hydrogen) atoms. The fourth-order valence-corrected chi connectivity index (χ4v) is 6.26. The minimum absolute atomic E-state index is 0.0567. The van der Waals surface area contributed by atoms with Crippen molar-refractivity contribution < 1.29 is 27.1 Å². The van der Waals surface area contributed by atoms with E-state index in [1.807, 2.05) is 23.1 Å². The van der Waals surface area contributed by atoms with Crippen molar-refractivity contribution in [2.24, 2.45) is 5.92 Å². The average molecular weight is 477 g/mol. The van der Waals surface area contributed by atoms with Gasteiger partial charge in [0.15, 0.2) is 0 Å². The number of hydrogen-bond donors (Lipinski definition) is 0. The second kappa shape index (κ2) is 9.69. The van der Waals surface area contributed by atoms with Crippen molar-refractivity contribution in [1.82, 2.24) is 9.21 Å². The van der Waals surface area contributed by atoms with Crippen molar-refractivity contribution in [2.75, 3.05) is 33.9 Å². The molecule has 1 atom stereocenters. The number of amides is 1. The van der Waals surface area contributed by atoms with Crippen LogP contribution in [0.3, 0.4) is 0 Å². The molecule has 1 amide bonds. The number of hydrogen-bond acceptors (Lipinski definition) is 5. The van der Waals surface area contributed by atoms with E-state index in [0.717, 1.165) is 36.3 Å². The van der Waals surface area contributed by atoms with Gasteiger partial charge in [0.25, 0.3) is 0 Å². The maximum atomic E-state index is 13.4. The molecule has 0 aromatic heterocycles. The highest BCUT2D eigenvalue weighted by Gasteiger charge is 2.38. The number of carbonyl (C=O) groups is 1. The van der Waals surface area contributed by atoms with Gasteiger partial charge in [-0.05, 0) is 68.1 Å². The molecule has 2 aromatic rings. The summed E-state index contributed by atoms with van der Waals surface area (Å²) in [6, 6.07) is 10.4. The average Bonchev–Trinajstić information content (AvgIpc) is 3.33. The summed E-state index contributed by atoms with van der Waals surface area (Å²) in [5, 5.41) is 0. The topological polar surface area (TPSA) is 76.2 Å². The molecule has 4 rings (SSSR count). The number of likely N-dealkylation sites (tertiary alicyclic amines) is 1. The van der Waals surface area contributed by atoms with E-state index < -0.39 is 15.8 Å². The van der Waals surface area contributed by atoms with E-state index in [9.17, 15) is 17.6 Å². The highest BCUT2D eigenvalue weighted by atomic mass is 32.2. The SMILES string of the molecule is COc1ccc(OC)c(C2CCCN2C(=O)C2CCN(S(=O)(=O)c3ccc(F)cc3)CC2)c1. The van der Waals surface area contributed by atoms with E-state index in [4.69, 9.17) is 9.47 Å². The van der Waals surface area contributed by atoms with Crippen LogP contribution in [-0.2, 0) is 14.8 Å². The van der Waals surface area contributed by atoms with E-state index in [1.165, 1.54) is 16.4 Å². The summed E-state index contributed by atoms with van der Waals surface area (Å²) in [7, 11) is -0.483. The van der Waals surface area contributed by atoms with E-state index in [-0.39, 0.29) is 35.9 Å². The minimum Gasteiger partial charge on any atom is -0.497 e. The quantitative estimate of drug-likeness (QED) is 0.637. The Morgan fingerprint density at radius 3 is 2.30 bits per heavy atom. The Morgan fingerprint density at radius 1 is 0.970 bits per heavy atom. The van der Waals surface area contributed by atoms with Crippen LogP contribution in [-0.4, -0.2) is 57.4 Å². The molecule has 2 aromatic carbocycles. The molecule has 2 aliphatic heterocycles. The number of carbonyl (C=O) groups excluding carboxylic acids is 1. The van der Waals surface area contributed by atoms with Crippen molar-refractivity contribution >= 4 is 15.9 Å². The molecule has 2 saturated heterocycles. The second-order valence-electron chi connectivity index (χ2n) is 8.43. The lowest BCUT2D eigenvalue weighted by Crippen LogP contribution is -2.44. The molecule has 0 radical (unpaired) electrons. The van der Waals surface area contributed by atoms with Crippen molar-refractivity contribution in [1.29, 1.82) is 0 Å². The smallest absolute Gasteiger partial charge is 0.243 e. The van der Waals surface area contributed by atoms with Gasteiger partial charge in [0.05, 0.1) is 25.2 Å². The van der Waals surface area contributed by atoms with Crippen LogP contribution in [0.1, 0.15) is 37.3 Å². The van der Waals surface area contributed by atoms with Crippen LogP contribution < -0.4 is 9.47 Å². The van der Waals surface area contributed by atoms with Gasteiger partial charge in [-0.2, -0.15) is 4.31 Å². The van der Waals surface area contributed by atoms with Gasteiger partial charge >= 0.3 is 0 Å². The molecule has 0 bridgehead atoms. The summed E-state index contributed by atoms with van der Waals surface area (Å²) in [4.78, 5) is 15.4. The van der Waals surface area contributed by atoms with Gasteiger partial charge in [-0.25, -0.2) is 12.8 Å². The fourth-order valence-electron chi connectivity index (χ4n) is 4.79. The van der Waals surface area contributed by atoms with Crippen molar-refractivity contribution in [3.63, 3.8) is 0 Å². The Bertz CT molecular complexity index is 1100. The first-order valence-corrected chi connectivity index (χ1v) is 12.6. The van der Waals surface area contributed by atoms with Gasteiger partial charge in [-0.15, -0.1) is 0 Å². The maximum Gasteiger partial charge on any atom is 0.243 e. The van der Waals surface area contributed by atoms with Crippen molar-refractivity contribution in [3.05, 3.63) is 53.8 Å². The van der Waals surface area contributed by atoms with Crippen LogP contribution in [0.15, 0.2) is 47.4 Å². The third-order valence-electron chi connectivity index (χ3n) is 6.59. The van der Waals surface area contributed by atoms with E-state index in [1.54, 1.807) is 14.2 Å². The van der Waals surface area contributed by atoms with Crippen LogP contribution >= 0.6 is 0 Å². The predicted molar refractivity (Wildman–Crippen MR) is 121 cm³/mol. The first-order valence-electron chi connectivity index (χ1n) is 11.1. The Labute approximate surface area is 194 Å². The van der Waals surface area contributed by atoms with E-state index in [0.29, 0.717) is 25.1 Å². The van der Waals surface area contributed by atoms with Crippen LogP contribution in [0.5, 0.6) is 11.5 Å². The molecular weight excluding hydrogens is 447 g/mol. The number of benzene rings is 2. The molecule has 2 heterocycles. The zero-order valence-electron chi connectivity index (χ0n) is 18.9. The summed E-state index contributed by atoms with van der Waals surface area (Å²) in [5.74, 6) is 0.777. The van der Waals surface area contributed by atoms with Gasteiger partial charge in [-0.3, -0.25) is 4.79 Å². The van der Waals surface area contributed by atoms with Gasteiger partial charge < -0.3 is 14.4 Å². The predicted octanol–water partition coefficient (Wildman–Crippen LogP) is 3.61. The number of sulfonamides is 1. The minimum atomic E-state index is -3.71. The van der Waals surface area contributed by atoms with Crippen molar-refractivity contribution in [2.45, 2.75) is 36.6 Å². The summed E-state index contributed by atoms with van der Waals surface area (Å²) < 4.78 is 51.2. The zero-order chi connectivity index (χ0) is 23.6. The number of methoxy groups -OCH3 is 2. The normalized spacial score (nSPS) is 20.1. The second-order valence-corrected chi connectivity index (χ2v) is 10.4. The Hall–Kier alpha value is -2.65. The molecule has 1 unspecified atom stereocenters. The lowest BCUT2D eigenvalue weighted by molar-refractivity contribution is -0.137. The molecule has 0 spiro atoms. The van der Waals surface area contributed by atoms with Gasteiger partial charge in [0.2, 0.25) is 15.9 Å². The Balaban J connectivity index is 1.46. The van der Waals surface area contributed by atoms with E-state index in [2.05, 4.69) is 0 Å².